The molecule has 1 aromatic heterocycles. The summed E-state index contributed by atoms with van der Waals surface area (Å²) in [6, 6.07) is 10.8. The Hall–Kier alpha value is -4.14. The summed E-state index contributed by atoms with van der Waals surface area (Å²) in [6.45, 7) is 0.941. The number of ether oxygens (including phenoxy) is 1. The number of alkyl halides is 3. The van der Waals surface area contributed by atoms with E-state index < -0.39 is 36.1 Å². The topological polar surface area (TPSA) is 133 Å². The molecule has 14 heteroatoms. The Morgan fingerprint density at radius 1 is 1.20 bits per heavy atom. The van der Waals surface area contributed by atoms with Crippen LogP contribution in [0.1, 0.15) is 23.8 Å². The highest BCUT2D eigenvalue weighted by Gasteiger charge is 2.58. The van der Waals surface area contributed by atoms with E-state index in [4.69, 9.17) is 9.15 Å². The number of nitrogens with one attached hydrogen (secondary N) is 5. The minimum absolute atomic E-state index is 0.0581. The van der Waals surface area contributed by atoms with Gasteiger partial charge in [0.1, 0.15) is 29.2 Å². The summed E-state index contributed by atoms with van der Waals surface area (Å²) in [4.78, 5) is 31.9. The second-order valence-corrected chi connectivity index (χ2v) is 9.69. The highest BCUT2D eigenvalue weighted by molar-refractivity contribution is 6.25. The molecule has 5 N–H and O–H groups in total. The molecule has 210 valence electrons. The Labute approximate surface area is 226 Å². The van der Waals surface area contributed by atoms with Gasteiger partial charge in [-0.25, -0.2) is 15.4 Å². The maximum atomic E-state index is 14.3. The molecule has 2 aromatic carbocycles. The molecule has 40 heavy (non-hydrogen) atoms. The number of benzene rings is 2. The number of hydrazine groups is 2. The first-order valence-electron chi connectivity index (χ1n) is 12.7. The van der Waals surface area contributed by atoms with E-state index in [9.17, 15) is 22.8 Å². The first kappa shape index (κ1) is 26.1. The third-order valence-corrected chi connectivity index (χ3v) is 7.24. The standard InChI is InChI=1S/C26H26F3N7O4/c1-39-15-8-5-9-16-19(15)33-24(40-16)18-20(23(37)30-12-14-10-11-31-34-14)32-22-17(13-6-3-2-4-7-13)21(26(27,28)29)35-36(22)25(18)38/h2-9,14,17,21-22,31-32,34-35H,10-12H2,1H3,(H,30,37). The van der Waals surface area contributed by atoms with Crippen LogP contribution in [0.2, 0.25) is 0 Å². The fourth-order valence-corrected chi connectivity index (χ4v) is 5.33. The van der Waals surface area contributed by atoms with Crippen LogP contribution in [-0.4, -0.2) is 66.4 Å². The number of amides is 2. The van der Waals surface area contributed by atoms with Crippen LogP contribution in [0, 0.1) is 0 Å². The quantitative estimate of drug-likeness (QED) is 0.306. The van der Waals surface area contributed by atoms with Crippen LogP contribution in [0.25, 0.3) is 16.7 Å². The first-order chi connectivity index (χ1) is 19.3. The molecule has 0 bridgehead atoms. The number of hydrogen-bond donors (Lipinski definition) is 5. The largest absolute Gasteiger partial charge is 0.494 e. The number of halogens is 3. The van der Waals surface area contributed by atoms with Crippen LogP contribution in [-0.2, 0) is 9.59 Å². The van der Waals surface area contributed by atoms with Crippen LogP contribution < -0.4 is 31.6 Å². The van der Waals surface area contributed by atoms with E-state index in [1.165, 1.54) is 7.11 Å². The van der Waals surface area contributed by atoms with Crippen molar-refractivity contribution in [1.82, 2.24) is 36.9 Å². The van der Waals surface area contributed by atoms with Crippen molar-refractivity contribution in [2.24, 2.45) is 0 Å². The van der Waals surface area contributed by atoms with Gasteiger partial charge in [-0.15, -0.1) is 0 Å². The Kier molecular flexibility index (Phi) is 6.60. The van der Waals surface area contributed by atoms with Crippen LogP contribution in [0.5, 0.6) is 5.75 Å². The summed E-state index contributed by atoms with van der Waals surface area (Å²) in [6.07, 6.45) is -5.17. The zero-order chi connectivity index (χ0) is 28.0. The highest BCUT2D eigenvalue weighted by Crippen LogP contribution is 2.43. The summed E-state index contributed by atoms with van der Waals surface area (Å²) in [5, 5.41) is 6.59. The number of nitrogens with zero attached hydrogens (tertiary/aromatic N) is 2. The van der Waals surface area contributed by atoms with Crippen LogP contribution in [0.4, 0.5) is 13.2 Å². The Bertz CT molecular complexity index is 1470. The fourth-order valence-electron chi connectivity index (χ4n) is 5.33. The number of fused-ring (bicyclic) bond motifs is 2. The van der Waals surface area contributed by atoms with E-state index in [2.05, 4.69) is 31.9 Å². The zero-order valence-electron chi connectivity index (χ0n) is 21.2. The first-order valence-corrected chi connectivity index (χ1v) is 12.7. The number of oxazole rings is 1. The van der Waals surface area contributed by atoms with E-state index >= 15 is 0 Å². The molecular weight excluding hydrogens is 531 g/mol. The molecule has 0 spiro atoms. The number of carbonyl (C=O) groups is 2. The smallest absolute Gasteiger partial charge is 0.406 e. The maximum Gasteiger partial charge on any atom is 0.406 e. The van der Waals surface area contributed by atoms with Gasteiger partial charge < -0.3 is 19.8 Å². The zero-order valence-corrected chi connectivity index (χ0v) is 21.2. The average Bonchev–Trinajstić information content (AvgIpc) is 3.70. The van der Waals surface area contributed by atoms with Gasteiger partial charge in [0.15, 0.2) is 11.1 Å². The Balaban J connectivity index is 1.45. The number of carbonyl (C=O) groups excluding carboxylic acids is 2. The SMILES string of the molecule is COc1cccc2oc(C3=C(C(=O)NCC4CCNN4)NC4C(c5ccccc5)C(C(F)(F)F)NN4C3=O)nc12. The van der Waals surface area contributed by atoms with Crippen molar-refractivity contribution in [2.75, 3.05) is 20.2 Å². The lowest BCUT2D eigenvalue weighted by atomic mass is 9.89. The van der Waals surface area contributed by atoms with Crippen molar-refractivity contribution >= 4 is 28.5 Å². The van der Waals surface area contributed by atoms with Gasteiger partial charge in [-0.3, -0.25) is 20.4 Å². The molecule has 11 nitrogen and oxygen atoms in total. The summed E-state index contributed by atoms with van der Waals surface area (Å²) < 4.78 is 54.0. The molecule has 3 aliphatic rings. The third-order valence-electron chi connectivity index (χ3n) is 7.24. The van der Waals surface area contributed by atoms with Gasteiger partial charge in [0.05, 0.1) is 13.0 Å². The molecule has 2 saturated heterocycles. The Morgan fingerprint density at radius 2 is 2.00 bits per heavy atom. The van der Waals surface area contributed by atoms with E-state index in [1.807, 2.05) is 0 Å². The lowest BCUT2D eigenvalue weighted by Gasteiger charge is -2.34. The molecule has 0 radical (unpaired) electrons. The van der Waals surface area contributed by atoms with Gasteiger partial charge in [-0.05, 0) is 24.1 Å². The van der Waals surface area contributed by atoms with Gasteiger partial charge >= 0.3 is 6.18 Å². The van der Waals surface area contributed by atoms with Crippen LogP contribution >= 0.6 is 0 Å². The average molecular weight is 558 g/mol. The lowest BCUT2D eigenvalue weighted by molar-refractivity contribution is -0.161. The molecule has 4 heterocycles. The third kappa shape index (κ3) is 4.53. The van der Waals surface area contributed by atoms with Crippen LogP contribution in [0.15, 0.2) is 58.6 Å². The van der Waals surface area contributed by atoms with Gasteiger partial charge in [-0.2, -0.15) is 13.2 Å². The van der Waals surface area contributed by atoms with Crippen molar-refractivity contribution in [1.29, 1.82) is 0 Å². The van der Waals surface area contributed by atoms with E-state index in [1.54, 1.807) is 48.5 Å². The Morgan fingerprint density at radius 3 is 2.70 bits per heavy atom. The number of methoxy groups -OCH3 is 1. The van der Waals surface area contributed by atoms with E-state index in [0.717, 1.165) is 18.0 Å². The van der Waals surface area contributed by atoms with E-state index in [0.29, 0.717) is 16.8 Å². The molecule has 2 amide bonds. The molecule has 4 unspecified atom stereocenters. The number of aromatic nitrogens is 1. The second-order valence-electron chi connectivity index (χ2n) is 9.69. The molecule has 0 aliphatic carbocycles. The minimum Gasteiger partial charge on any atom is -0.494 e. The second kappa shape index (κ2) is 10.1. The van der Waals surface area contributed by atoms with Crippen molar-refractivity contribution in [3.05, 3.63) is 65.7 Å². The van der Waals surface area contributed by atoms with Gasteiger partial charge in [0.25, 0.3) is 11.8 Å². The molecular formula is C26H26F3N7O4. The lowest BCUT2D eigenvalue weighted by Crippen LogP contribution is -2.57. The predicted molar refractivity (Wildman–Crippen MR) is 136 cm³/mol. The summed E-state index contributed by atoms with van der Waals surface area (Å²) in [7, 11) is 1.44. The number of para-hydroxylation sites is 1. The molecule has 4 atom stereocenters. The van der Waals surface area contributed by atoms with Gasteiger partial charge in [-0.1, -0.05) is 36.4 Å². The normalized spacial score (nSPS) is 24.8. The van der Waals surface area contributed by atoms with Crippen molar-refractivity contribution < 1.29 is 31.9 Å². The van der Waals surface area contributed by atoms with Crippen LogP contribution in [0.3, 0.4) is 0 Å². The van der Waals surface area contributed by atoms with Crippen molar-refractivity contribution in [3.8, 4) is 5.75 Å². The monoisotopic (exact) mass is 557 g/mol. The van der Waals surface area contributed by atoms with Gasteiger partial charge in [0, 0.05) is 19.1 Å². The number of hydrogen-bond acceptors (Lipinski definition) is 9. The predicted octanol–water partition coefficient (Wildman–Crippen LogP) is 1.52. The highest BCUT2D eigenvalue weighted by atomic mass is 19.4. The molecule has 0 saturated carbocycles. The number of rotatable bonds is 6. The summed E-state index contributed by atoms with van der Waals surface area (Å²) in [5.74, 6) is -2.66. The summed E-state index contributed by atoms with van der Waals surface area (Å²) in [5.41, 5.74) is 8.74. The molecule has 2 fully saturated rings. The van der Waals surface area contributed by atoms with Crippen molar-refractivity contribution in [3.63, 3.8) is 0 Å². The molecule has 3 aromatic rings. The molecule has 3 aliphatic heterocycles. The summed E-state index contributed by atoms with van der Waals surface area (Å²) >= 11 is 0. The van der Waals surface area contributed by atoms with Crippen molar-refractivity contribution in [2.45, 2.75) is 36.8 Å². The van der Waals surface area contributed by atoms with Gasteiger partial charge in [0.2, 0.25) is 5.89 Å². The maximum absolute atomic E-state index is 14.3. The fraction of sp³-hybridized carbons (Fsp3) is 0.346. The minimum atomic E-state index is -4.70. The molecule has 6 rings (SSSR count). The van der Waals surface area contributed by atoms with E-state index in [-0.39, 0.29) is 35.3 Å².